The Bertz CT molecular complexity index is 1510. The van der Waals surface area contributed by atoms with Gasteiger partial charge in [-0.1, -0.05) is 47.5 Å². The van der Waals surface area contributed by atoms with Crippen molar-refractivity contribution in [1.29, 1.82) is 0 Å². The number of carbonyl (C=O) groups is 1. The van der Waals surface area contributed by atoms with E-state index in [9.17, 15) is 13.6 Å². The topological polar surface area (TPSA) is 34.9 Å². The van der Waals surface area contributed by atoms with E-state index in [-0.39, 0.29) is 5.56 Å². The lowest BCUT2D eigenvalue weighted by molar-refractivity contribution is 0.0965. The van der Waals surface area contributed by atoms with E-state index in [1.54, 1.807) is 30.3 Å². The van der Waals surface area contributed by atoms with Crippen molar-refractivity contribution in [3.05, 3.63) is 100 Å². The first-order valence-corrected chi connectivity index (χ1v) is 10.0. The van der Waals surface area contributed by atoms with Crippen LogP contribution in [0, 0.1) is 11.6 Å². The Labute approximate surface area is 185 Å². The van der Waals surface area contributed by atoms with Gasteiger partial charge in [0.1, 0.15) is 5.82 Å². The van der Waals surface area contributed by atoms with Crippen molar-refractivity contribution in [1.82, 2.24) is 9.55 Å². The van der Waals surface area contributed by atoms with E-state index in [1.165, 1.54) is 10.6 Å². The van der Waals surface area contributed by atoms with Gasteiger partial charge in [-0.15, -0.1) is 0 Å². The predicted octanol–water partition coefficient (Wildman–Crippen LogP) is 7.13. The summed E-state index contributed by atoms with van der Waals surface area (Å²) < 4.78 is 28.6. The third kappa shape index (κ3) is 3.26. The summed E-state index contributed by atoms with van der Waals surface area (Å²) in [6.45, 7) is 0. The van der Waals surface area contributed by atoms with Crippen LogP contribution in [0.15, 0.2) is 72.8 Å². The number of hydrogen-bond donors (Lipinski definition) is 0. The highest BCUT2D eigenvalue weighted by Gasteiger charge is 2.22. The molecule has 0 unspecified atom stereocenters. The van der Waals surface area contributed by atoms with Gasteiger partial charge in [0.2, 0.25) is 0 Å². The number of halogens is 4. The molecule has 0 atom stereocenters. The van der Waals surface area contributed by atoms with Gasteiger partial charge >= 0.3 is 0 Å². The summed E-state index contributed by atoms with van der Waals surface area (Å²) in [4.78, 5) is 18.1. The molecule has 152 valence electrons. The number of rotatable bonds is 2. The van der Waals surface area contributed by atoms with Gasteiger partial charge in [0.05, 0.1) is 11.0 Å². The van der Waals surface area contributed by atoms with Crippen LogP contribution in [0.2, 0.25) is 10.0 Å². The van der Waals surface area contributed by atoms with Crippen molar-refractivity contribution < 1.29 is 13.6 Å². The first-order valence-electron chi connectivity index (χ1n) is 9.29. The third-order valence-electron chi connectivity index (χ3n) is 5.10. The van der Waals surface area contributed by atoms with Crippen molar-refractivity contribution in [3.63, 3.8) is 0 Å². The molecule has 0 aliphatic rings. The number of benzene rings is 4. The van der Waals surface area contributed by atoms with Gasteiger partial charge in [-0.05, 0) is 53.9 Å². The minimum atomic E-state index is -1.10. The zero-order valence-electron chi connectivity index (χ0n) is 15.7. The molecular formula is C24H12Cl2F2N2O. The third-order valence-corrected chi connectivity index (χ3v) is 5.66. The summed E-state index contributed by atoms with van der Waals surface area (Å²) >= 11 is 12.5. The van der Waals surface area contributed by atoms with Crippen molar-refractivity contribution in [2.24, 2.45) is 0 Å². The molecule has 0 fully saturated rings. The highest BCUT2D eigenvalue weighted by Crippen LogP contribution is 2.35. The average Bonchev–Trinajstić information content (AvgIpc) is 3.14. The van der Waals surface area contributed by atoms with Gasteiger partial charge in [-0.3, -0.25) is 9.36 Å². The summed E-state index contributed by atoms with van der Waals surface area (Å²) in [5, 5.41) is 2.59. The predicted molar refractivity (Wildman–Crippen MR) is 119 cm³/mol. The van der Waals surface area contributed by atoms with E-state index in [2.05, 4.69) is 4.98 Å². The van der Waals surface area contributed by atoms with Gasteiger partial charge in [0.25, 0.3) is 5.91 Å². The maximum absolute atomic E-state index is 13.8. The molecule has 5 aromatic rings. The van der Waals surface area contributed by atoms with Crippen molar-refractivity contribution in [3.8, 4) is 11.4 Å². The number of carbonyl (C=O) groups excluding carboxylic acids is 1. The van der Waals surface area contributed by atoms with E-state index >= 15 is 0 Å². The lowest BCUT2D eigenvalue weighted by Crippen LogP contribution is -2.14. The quantitative estimate of drug-likeness (QED) is 0.285. The van der Waals surface area contributed by atoms with Gasteiger partial charge in [-0.25, -0.2) is 13.8 Å². The Morgan fingerprint density at radius 1 is 0.839 bits per heavy atom. The molecule has 0 saturated carbocycles. The number of aromatic nitrogens is 2. The summed E-state index contributed by atoms with van der Waals surface area (Å²) in [5.74, 6) is -2.34. The number of hydrogen-bond acceptors (Lipinski definition) is 2. The minimum Gasteiger partial charge on any atom is -0.268 e. The molecule has 0 aliphatic carbocycles. The Morgan fingerprint density at radius 3 is 2.39 bits per heavy atom. The molecule has 0 radical (unpaired) electrons. The van der Waals surface area contributed by atoms with Crippen LogP contribution < -0.4 is 0 Å². The SMILES string of the molecule is O=C(c1ccc(F)c(F)c1)n1c(-c2ccc(Cl)c3ccccc23)nc2ccc(Cl)cc21. The second-order valence-electron chi connectivity index (χ2n) is 6.98. The monoisotopic (exact) mass is 452 g/mol. The summed E-state index contributed by atoms with van der Waals surface area (Å²) in [6.07, 6.45) is 0. The zero-order chi connectivity index (χ0) is 21.7. The molecule has 0 saturated heterocycles. The van der Waals surface area contributed by atoms with Crippen LogP contribution in [-0.4, -0.2) is 15.5 Å². The fraction of sp³-hybridized carbons (Fsp3) is 0. The fourth-order valence-electron chi connectivity index (χ4n) is 3.65. The molecular weight excluding hydrogens is 441 g/mol. The van der Waals surface area contributed by atoms with Gasteiger partial charge in [0.15, 0.2) is 11.6 Å². The van der Waals surface area contributed by atoms with E-state index in [4.69, 9.17) is 23.2 Å². The van der Waals surface area contributed by atoms with Crippen molar-refractivity contribution >= 4 is 50.9 Å². The van der Waals surface area contributed by atoms with Crippen LogP contribution in [0.4, 0.5) is 8.78 Å². The van der Waals surface area contributed by atoms with Crippen LogP contribution in [0.3, 0.4) is 0 Å². The summed E-state index contributed by atoms with van der Waals surface area (Å²) in [5.41, 5.74) is 1.64. The van der Waals surface area contributed by atoms with Crippen LogP contribution in [-0.2, 0) is 0 Å². The largest absolute Gasteiger partial charge is 0.268 e. The highest BCUT2D eigenvalue weighted by atomic mass is 35.5. The molecule has 4 aromatic carbocycles. The summed E-state index contributed by atoms with van der Waals surface area (Å²) in [6, 6.07) is 19.0. The van der Waals surface area contributed by atoms with Gasteiger partial charge in [0, 0.05) is 26.6 Å². The average molecular weight is 453 g/mol. The fourth-order valence-corrected chi connectivity index (χ4v) is 4.04. The second kappa shape index (κ2) is 7.45. The number of nitrogens with zero attached hydrogens (tertiary/aromatic N) is 2. The molecule has 0 bridgehead atoms. The van der Waals surface area contributed by atoms with E-state index in [0.29, 0.717) is 32.5 Å². The van der Waals surface area contributed by atoms with Crippen LogP contribution >= 0.6 is 23.2 Å². The normalized spacial score (nSPS) is 11.4. The molecule has 0 spiro atoms. The first kappa shape index (κ1) is 19.7. The lowest BCUT2D eigenvalue weighted by Gasteiger charge is -2.11. The van der Waals surface area contributed by atoms with Crippen LogP contribution in [0.25, 0.3) is 33.2 Å². The lowest BCUT2D eigenvalue weighted by atomic mass is 10.0. The number of fused-ring (bicyclic) bond motifs is 2. The van der Waals surface area contributed by atoms with Crippen LogP contribution in [0.5, 0.6) is 0 Å². The maximum Gasteiger partial charge on any atom is 0.264 e. The Hall–Kier alpha value is -3.28. The van der Waals surface area contributed by atoms with Gasteiger partial charge in [-0.2, -0.15) is 0 Å². The van der Waals surface area contributed by atoms with E-state index < -0.39 is 17.5 Å². The van der Waals surface area contributed by atoms with E-state index in [0.717, 1.165) is 22.9 Å². The first-order chi connectivity index (χ1) is 14.9. The van der Waals surface area contributed by atoms with Crippen LogP contribution in [0.1, 0.15) is 10.4 Å². The maximum atomic E-state index is 13.8. The molecule has 0 N–H and O–H groups in total. The zero-order valence-corrected chi connectivity index (χ0v) is 17.3. The van der Waals surface area contributed by atoms with E-state index in [1.807, 2.05) is 24.3 Å². The molecule has 7 heteroatoms. The molecule has 0 amide bonds. The molecule has 5 rings (SSSR count). The van der Waals surface area contributed by atoms with Crippen molar-refractivity contribution in [2.75, 3.05) is 0 Å². The minimum absolute atomic E-state index is 0.0160. The molecule has 31 heavy (non-hydrogen) atoms. The second-order valence-corrected chi connectivity index (χ2v) is 7.82. The van der Waals surface area contributed by atoms with Crippen molar-refractivity contribution in [2.45, 2.75) is 0 Å². The molecule has 0 aliphatic heterocycles. The highest BCUT2D eigenvalue weighted by molar-refractivity contribution is 6.36. The molecule has 3 nitrogen and oxygen atoms in total. The Morgan fingerprint density at radius 2 is 1.61 bits per heavy atom. The Balaban J connectivity index is 1.84. The molecule has 1 heterocycles. The summed E-state index contributed by atoms with van der Waals surface area (Å²) in [7, 11) is 0. The molecule has 1 aromatic heterocycles. The smallest absolute Gasteiger partial charge is 0.264 e. The standard InChI is InChI=1S/C24H12Cl2F2N2O/c25-14-6-10-21-22(12-14)30(24(31)13-5-9-19(27)20(28)11-13)23(29-21)17-7-8-18(26)16-4-2-1-3-15(16)17/h1-12H. The number of imidazole rings is 1. The Kier molecular flexibility index (Phi) is 4.73. The van der Waals surface area contributed by atoms with Gasteiger partial charge < -0.3 is 0 Å².